The number of hydrogen-bond acceptors (Lipinski definition) is 10. The Morgan fingerprint density at radius 2 is 0.733 bits per heavy atom. The lowest BCUT2D eigenvalue weighted by atomic mass is 9.97. The molecular formula is C29H48N2O12P2. The lowest BCUT2D eigenvalue weighted by molar-refractivity contribution is -0.0559. The van der Waals surface area contributed by atoms with Crippen LogP contribution in [-0.2, 0) is 34.5 Å². The van der Waals surface area contributed by atoms with E-state index in [1.165, 1.54) is 0 Å². The minimum Gasteiger partial charge on any atom is -0.394 e. The van der Waals surface area contributed by atoms with E-state index in [1.54, 1.807) is 58.3 Å². The van der Waals surface area contributed by atoms with Crippen LogP contribution in [0.25, 0.3) is 0 Å². The first-order valence-corrected chi connectivity index (χ1v) is 18.2. The van der Waals surface area contributed by atoms with E-state index in [0.717, 1.165) is 11.1 Å². The van der Waals surface area contributed by atoms with Gasteiger partial charge in [-0.3, -0.25) is 18.9 Å². The second-order valence-electron chi connectivity index (χ2n) is 11.6. The summed E-state index contributed by atoms with van der Waals surface area (Å²) in [5, 5.41) is 60.5. The smallest absolute Gasteiger partial charge is 0.329 e. The molecule has 2 aromatic rings. The van der Waals surface area contributed by atoms with Gasteiger partial charge in [-0.2, -0.15) is 0 Å². The van der Waals surface area contributed by atoms with Crippen LogP contribution in [0.2, 0.25) is 0 Å². The first kappa shape index (κ1) is 39.6. The summed E-state index contributed by atoms with van der Waals surface area (Å²) in [5.74, 6) is 0. The molecule has 10 N–H and O–H groups in total. The predicted molar refractivity (Wildman–Crippen MR) is 167 cm³/mol. The van der Waals surface area contributed by atoms with E-state index in [0.29, 0.717) is 43.5 Å². The van der Waals surface area contributed by atoms with Crippen molar-refractivity contribution in [3.05, 3.63) is 70.8 Å². The highest BCUT2D eigenvalue weighted by Gasteiger charge is 2.36. The third kappa shape index (κ3) is 12.5. The van der Waals surface area contributed by atoms with E-state index in [-0.39, 0.29) is 13.1 Å². The molecule has 0 aliphatic carbocycles. The standard InChI is InChI=1S/C29H48N2O12P2/c32-18-28(19-33,20-34)30(14-24-4-8-26(9-5-24)16-44(38,39)40)12-2-1-3-13-31(29(21-35,22-36)23-37)15-25-6-10-27(11-7-25)17-45(41,42)43/h4-11,32-37H,1-3,12-23H2,(H2,38,39,40)(H2,41,42,43). The van der Waals surface area contributed by atoms with Crippen LogP contribution in [0.1, 0.15) is 41.5 Å². The van der Waals surface area contributed by atoms with Crippen LogP contribution in [0, 0.1) is 0 Å². The van der Waals surface area contributed by atoms with E-state index < -0.39 is 78.2 Å². The normalized spacial score (nSPS) is 13.2. The summed E-state index contributed by atoms with van der Waals surface area (Å²) in [7, 11) is -8.45. The molecule has 0 bridgehead atoms. The van der Waals surface area contributed by atoms with E-state index in [4.69, 9.17) is 0 Å². The summed E-state index contributed by atoms with van der Waals surface area (Å²) in [5.41, 5.74) is -0.211. The van der Waals surface area contributed by atoms with Gasteiger partial charge in [0.25, 0.3) is 0 Å². The van der Waals surface area contributed by atoms with Crippen molar-refractivity contribution in [1.29, 1.82) is 0 Å². The molecule has 0 amide bonds. The molecule has 0 fully saturated rings. The van der Waals surface area contributed by atoms with Crippen molar-refractivity contribution < 1.29 is 59.3 Å². The van der Waals surface area contributed by atoms with Crippen molar-refractivity contribution in [3.8, 4) is 0 Å². The number of aliphatic hydroxyl groups excluding tert-OH is 6. The summed E-state index contributed by atoms with van der Waals surface area (Å²) >= 11 is 0. The molecule has 0 saturated heterocycles. The lowest BCUT2D eigenvalue weighted by Gasteiger charge is -2.41. The lowest BCUT2D eigenvalue weighted by Crippen LogP contribution is -2.57. The summed E-state index contributed by atoms with van der Waals surface area (Å²) in [6, 6.07) is 13.2. The van der Waals surface area contributed by atoms with Gasteiger partial charge < -0.3 is 50.2 Å². The summed E-state index contributed by atoms with van der Waals surface area (Å²) < 4.78 is 22.6. The van der Waals surface area contributed by atoms with Crippen LogP contribution < -0.4 is 0 Å². The van der Waals surface area contributed by atoms with Crippen molar-refractivity contribution in [3.63, 3.8) is 0 Å². The zero-order chi connectivity index (χ0) is 33.7. The third-order valence-electron chi connectivity index (χ3n) is 8.03. The van der Waals surface area contributed by atoms with E-state index in [9.17, 15) is 59.3 Å². The molecular weight excluding hydrogens is 630 g/mol. The molecule has 256 valence electrons. The van der Waals surface area contributed by atoms with Gasteiger partial charge in [0.1, 0.15) is 0 Å². The number of unbranched alkanes of at least 4 members (excludes halogenated alkanes) is 2. The van der Waals surface area contributed by atoms with Crippen molar-refractivity contribution in [1.82, 2.24) is 9.80 Å². The Hall–Kier alpha value is -1.58. The molecule has 2 rings (SSSR count). The third-order valence-corrected chi connectivity index (χ3v) is 9.59. The minimum absolute atomic E-state index is 0.241. The van der Waals surface area contributed by atoms with Gasteiger partial charge >= 0.3 is 15.2 Å². The fraction of sp³-hybridized carbons (Fsp3) is 0.586. The zero-order valence-electron chi connectivity index (χ0n) is 25.3. The average Bonchev–Trinajstić information content (AvgIpc) is 2.99. The van der Waals surface area contributed by atoms with Crippen LogP contribution >= 0.6 is 15.2 Å². The van der Waals surface area contributed by atoms with Crippen LogP contribution in [0.5, 0.6) is 0 Å². The Labute approximate surface area is 263 Å². The molecule has 0 aromatic heterocycles. The minimum atomic E-state index is -4.23. The van der Waals surface area contributed by atoms with Gasteiger partial charge in [-0.05, 0) is 48.2 Å². The highest BCUT2D eigenvalue weighted by molar-refractivity contribution is 7.51. The average molecular weight is 679 g/mol. The maximum absolute atomic E-state index is 11.3. The molecule has 14 nitrogen and oxygen atoms in total. The topological polar surface area (TPSA) is 243 Å². The molecule has 0 radical (unpaired) electrons. The van der Waals surface area contributed by atoms with Gasteiger partial charge in [0.15, 0.2) is 0 Å². The number of rotatable bonds is 22. The number of nitrogens with zero attached hydrogens (tertiary/aromatic N) is 2. The molecule has 0 spiro atoms. The van der Waals surface area contributed by atoms with E-state index in [2.05, 4.69) is 0 Å². The maximum Gasteiger partial charge on any atom is 0.329 e. The van der Waals surface area contributed by atoms with Gasteiger partial charge in [-0.15, -0.1) is 0 Å². The Bertz CT molecular complexity index is 1120. The second kappa shape index (κ2) is 18.1. The maximum atomic E-state index is 11.3. The Morgan fingerprint density at radius 3 is 0.978 bits per heavy atom. The Balaban J connectivity index is 2.11. The molecule has 0 saturated carbocycles. The van der Waals surface area contributed by atoms with Crippen LogP contribution in [0.3, 0.4) is 0 Å². The summed E-state index contributed by atoms with van der Waals surface area (Å²) in [4.78, 5) is 40.4. The van der Waals surface area contributed by atoms with Gasteiger partial charge in [0.2, 0.25) is 0 Å². The molecule has 45 heavy (non-hydrogen) atoms. The molecule has 0 atom stereocenters. The second-order valence-corrected chi connectivity index (χ2v) is 14.9. The van der Waals surface area contributed by atoms with Gasteiger partial charge in [0.05, 0.1) is 63.0 Å². The van der Waals surface area contributed by atoms with E-state index >= 15 is 0 Å². The summed E-state index contributed by atoms with van der Waals surface area (Å²) in [6.45, 7) is -1.84. The zero-order valence-corrected chi connectivity index (χ0v) is 27.1. The van der Waals surface area contributed by atoms with Crippen molar-refractivity contribution in [2.45, 2.75) is 55.8 Å². The van der Waals surface area contributed by atoms with Gasteiger partial charge in [-0.25, -0.2) is 0 Å². The molecule has 0 aliphatic rings. The first-order valence-electron chi connectivity index (χ1n) is 14.6. The number of benzene rings is 2. The van der Waals surface area contributed by atoms with Crippen molar-refractivity contribution in [2.24, 2.45) is 0 Å². The Morgan fingerprint density at radius 1 is 0.467 bits per heavy atom. The first-order chi connectivity index (χ1) is 21.2. The summed E-state index contributed by atoms with van der Waals surface area (Å²) in [6.07, 6.45) is 0.995. The quantitative estimate of drug-likeness (QED) is 0.0580. The van der Waals surface area contributed by atoms with Crippen LogP contribution in [-0.4, -0.2) is 124 Å². The number of aliphatic hydroxyl groups is 6. The van der Waals surface area contributed by atoms with Crippen LogP contribution in [0.4, 0.5) is 0 Å². The van der Waals surface area contributed by atoms with Gasteiger partial charge in [-0.1, -0.05) is 55.0 Å². The Kier molecular flexibility index (Phi) is 15.9. The van der Waals surface area contributed by atoms with E-state index in [1.807, 2.05) is 0 Å². The van der Waals surface area contributed by atoms with Crippen molar-refractivity contribution in [2.75, 3.05) is 52.7 Å². The SMILES string of the molecule is O=P(O)(O)Cc1ccc(CN(CCCCCN(Cc2ccc(CP(=O)(O)O)cc2)C(CO)(CO)CO)C(CO)(CO)CO)cc1. The highest BCUT2D eigenvalue weighted by Crippen LogP contribution is 2.39. The fourth-order valence-corrected chi connectivity index (χ4v) is 6.44. The molecule has 0 aliphatic heterocycles. The largest absolute Gasteiger partial charge is 0.394 e. The monoisotopic (exact) mass is 678 g/mol. The molecule has 0 unspecified atom stereocenters. The van der Waals surface area contributed by atoms with Crippen molar-refractivity contribution >= 4 is 15.2 Å². The molecule has 16 heteroatoms. The fourth-order valence-electron chi connectivity index (χ4n) is 5.07. The molecule has 0 heterocycles. The number of hydrogen-bond donors (Lipinski definition) is 10. The highest BCUT2D eigenvalue weighted by atomic mass is 31.2. The molecule has 2 aromatic carbocycles. The van der Waals surface area contributed by atoms with Crippen LogP contribution in [0.15, 0.2) is 48.5 Å². The predicted octanol–water partition coefficient (Wildman–Crippen LogP) is -0.0521. The van der Waals surface area contributed by atoms with Gasteiger partial charge in [0, 0.05) is 13.1 Å².